The molecule has 1 unspecified atom stereocenters. The van der Waals surface area contributed by atoms with Gasteiger partial charge < -0.3 is 0 Å². The van der Waals surface area contributed by atoms with Crippen molar-refractivity contribution < 1.29 is 0 Å². The Morgan fingerprint density at radius 1 is 0.667 bits per heavy atom. The van der Waals surface area contributed by atoms with Crippen LogP contribution in [0.3, 0.4) is 0 Å². The Kier molecular flexibility index (Phi) is 2.71. The predicted molar refractivity (Wildman–Crippen MR) is 89.6 cm³/mol. The minimum Gasteiger partial charge on any atom is -0.0622 e. The van der Waals surface area contributed by atoms with Crippen molar-refractivity contribution in [3.63, 3.8) is 0 Å². The molecule has 0 nitrogen and oxygen atoms in total. The van der Waals surface area contributed by atoms with E-state index in [1.165, 1.54) is 38.9 Å². The van der Waals surface area contributed by atoms with Crippen molar-refractivity contribution >= 4 is 0 Å². The minimum atomic E-state index is 0.500. The van der Waals surface area contributed by atoms with E-state index in [0.717, 1.165) is 0 Å². The van der Waals surface area contributed by atoms with Gasteiger partial charge in [0.25, 0.3) is 0 Å². The lowest BCUT2D eigenvalue weighted by Crippen LogP contribution is -1.90. The van der Waals surface area contributed by atoms with Crippen molar-refractivity contribution in [3.8, 4) is 22.3 Å². The summed E-state index contributed by atoms with van der Waals surface area (Å²) >= 11 is 0. The van der Waals surface area contributed by atoms with Crippen LogP contribution in [0.4, 0.5) is 0 Å². The molecule has 0 aliphatic heterocycles. The Labute approximate surface area is 126 Å². The first-order valence-electron chi connectivity index (χ1n) is 7.54. The molecular formula is C21H18. The number of aryl methyl sites for hydroxylation is 1. The van der Waals surface area contributed by atoms with Crippen molar-refractivity contribution in [2.24, 2.45) is 0 Å². The molecule has 0 heterocycles. The summed E-state index contributed by atoms with van der Waals surface area (Å²) in [6, 6.07) is 24.4. The first-order chi connectivity index (χ1) is 10.2. The van der Waals surface area contributed by atoms with Crippen molar-refractivity contribution in [1.82, 2.24) is 0 Å². The van der Waals surface area contributed by atoms with E-state index in [1.54, 1.807) is 0 Å². The zero-order valence-corrected chi connectivity index (χ0v) is 12.4. The molecule has 3 aromatic carbocycles. The molecule has 1 aliphatic rings. The fourth-order valence-electron chi connectivity index (χ4n) is 3.43. The molecule has 1 aliphatic carbocycles. The standard InChI is InChI=1S/C21H18/c1-14-8-10-19-20(12-14)15(2)18-11-9-17(13-21(18)19)16-6-4-3-5-7-16/h3-13,15H,1-2H3. The van der Waals surface area contributed by atoms with E-state index >= 15 is 0 Å². The summed E-state index contributed by atoms with van der Waals surface area (Å²) in [7, 11) is 0. The first-order valence-corrected chi connectivity index (χ1v) is 7.54. The number of rotatable bonds is 1. The molecule has 0 heteroatoms. The molecule has 0 N–H and O–H groups in total. The van der Waals surface area contributed by atoms with E-state index in [0.29, 0.717) is 5.92 Å². The van der Waals surface area contributed by atoms with Gasteiger partial charge in [0.15, 0.2) is 0 Å². The summed E-state index contributed by atoms with van der Waals surface area (Å²) in [6.45, 7) is 4.48. The highest BCUT2D eigenvalue weighted by Crippen LogP contribution is 2.46. The molecule has 0 saturated heterocycles. The van der Waals surface area contributed by atoms with Crippen molar-refractivity contribution in [2.45, 2.75) is 19.8 Å². The quantitative estimate of drug-likeness (QED) is 0.524. The highest BCUT2D eigenvalue weighted by Gasteiger charge is 2.25. The number of hydrogen-bond acceptors (Lipinski definition) is 0. The maximum atomic E-state index is 2.35. The zero-order valence-electron chi connectivity index (χ0n) is 12.4. The lowest BCUT2D eigenvalue weighted by atomic mass is 9.96. The molecule has 4 rings (SSSR count). The molecule has 0 bridgehead atoms. The summed E-state index contributed by atoms with van der Waals surface area (Å²) in [6.07, 6.45) is 0. The summed E-state index contributed by atoms with van der Waals surface area (Å²) in [5.41, 5.74) is 9.66. The molecule has 0 aromatic heterocycles. The molecule has 0 radical (unpaired) electrons. The van der Waals surface area contributed by atoms with E-state index in [1.807, 2.05) is 0 Å². The third kappa shape index (κ3) is 1.91. The average Bonchev–Trinajstić information content (AvgIpc) is 2.80. The lowest BCUT2D eigenvalue weighted by molar-refractivity contribution is 0.954. The smallest absolute Gasteiger partial charge is 0.00734 e. The SMILES string of the molecule is Cc1ccc2c(c1)C(C)c1ccc(-c3ccccc3)cc1-2. The van der Waals surface area contributed by atoms with Gasteiger partial charge in [-0.05, 0) is 46.4 Å². The summed E-state index contributed by atoms with van der Waals surface area (Å²) in [5, 5.41) is 0. The van der Waals surface area contributed by atoms with Gasteiger partial charge in [0.1, 0.15) is 0 Å². The van der Waals surface area contributed by atoms with Gasteiger partial charge >= 0.3 is 0 Å². The highest BCUT2D eigenvalue weighted by molar-refractivity contribution is 5.83. The molecule has 21 heavy (non-hydrogen) atoms. The van der Waals surface area contributed by atoms with E-state index in [9.17, 15) is 0 Å². The topological polar surface area (TPSA) is 0 Å². The Hall–Kier alpha value is -2.34. The van der Waals surface area contributed by atoms with E-state index < -0.39 is 0 Å². The highest BCUT2D eigenvalue weighted by atomic mass is 14.3. The fraction of sp³-hybridized carbons (Fsp3) is 0.143. The van der Waals surface area contributed by atoms with Crippen LogP contribution >= 0.6 is 0 Å². The number of fused-ring (bicyclic) bond motifs is 3. The summed E-state index contributed by atoms with van der Waals surface area (Å²) in [5.74, 6) is 0.500. The summed E-state index contributed by atoms with van der Waals surface area (Å²) < 4.78 is 0. The van der Waals surface area contributed by atoms with Crippen LogP contribution in [0.1, 0.15) is 29.5 Å². The van der Waals surface area contributed by atoms with Crippen LogP contribution in [-0.4, -0.2) is 0 Å². The zero-order chi connectivity index (χ0) is 14.4. The van der Waals surface area contributed by atoms with E-state index in [2.05, 4.69) is 80.6 Å². The molecule has 102 valence electrons. The van der Waals surface area contributed by atoms with Gasteiger partial charge in [0.2, 0.25) is 0 Å². The Balaban J connectivity index is 1.91. The van der Waals surface area contributed by atoms with Crippen molar-refractivity contribution in [2.75, 3.05) is 0 Å². The minimum absolute atomic E-state index is 0.500. The second-order valence-corrected chi connectivity index (χ2v) is 5.98. The van der Waals surface area contributed by atoms with Crippen LogP contribution in [0.25, 0.3) is 22.3 Å². The summed E-state index contributed by atoms with van der Waals surface area (Å²) in [4.78, 5) is 0. The van der Waals surface area contributed by atoms with Crippen LogP contribution < -0.4 is 0 Å². The van der Waals surface area contributed by atoms with Crippen LogP contribution in [0.5, 0.6) is 0 Å². The number of hydrogen-bond donors (Lipinski definition) is 0. The van der Waals surface area contributed by atoms with Gasteiger partial charge in [-0.2, -0.15) is 0 Å². The van der Waals surface area contributed by atoms with Crippen LogP contribution in [0.15, 0.2) is 66.7 Å². The maximum Gasteiger partial charge on any atom is 0.00734 e. The number of benzene rings is 3. The monoisotopic (exact) mass is 270 g/mol. The van der Waals surface area contributed by atoms with Crippen LogP contribution in [0, 0.1) is 6.92 Å². The van der Waals surface area contributed by atoms with Gasteiger partial charge in [0, 0.05) is 5.92 Å². The van der Waals surface area contributed by atoms with E-state index in [4.69, 9.17) is 0 Å². The van der Waals surface area contributed by atoms with E-state index in [-0.39, 0.29) is 0 Å². The third-order valence-corrected chi connectivity index (χ3v) is 4.59. The lowest BCUT2D eigenvalue weighted by Gasteiger charge is -2.08. The van der Waals surface area contributed by atoms with Gasteiger partial charge in [-0.25, -0.2) is 0 Å². The molecule has 0 fully saturated rings. The second kappa shape index (κ2) is 4.60. The maximum absolute atomic E-state index is 2.35. The molecule has 1 atom stereocenters. The molecule has 0 amide bonds. The van der Waals surface area contributed by atoms with Crippen LogP contribution in [-0.2, 0) is 0 Å². The molecule has 0 saturated carbocycles. The molecule has 3 aromatic rings. The van der Waals surface area contributed by atoms with Gasteiger partial charge in [-0.15, -0.1) is 0 Å². The van der Waals surface area contributed by atoms with Gasteiger partial charge in [-0.1, -0.05) is 73.2 Å². The normalized spacial score (nSPS) is 15.6. The fourth-order valence-corrected chi connectivity index (χ4v) is 3.43. The Bertz CT molecular complexity index is 813. The molecule has 0 spiro atoms. The second-order valence-electron chi connectivity index (χ2n) is 5.98. The Morgan fingerprint density at radius 2 is 1.48 bits per heavy atom. The average molecular weight is 270 g/mol. The molecular weight excluding hydrogens is 252 g/mol. The first kappa shape index (κ1) is 12.4. The van der Waals surface area contributed by atoms with Crippen molar-refractivity contribution in [1.29, 1.82) is 0 Å². The largest absolute Gasteiger partial charge is 0.0622 e. The van der Waals surface area contributed by atoms with Crippen LogP contribution in [0.2, 0.25) is 0 Å². The van der Waals surface area contributed by atoms with Gasteiger partial charge in [-0.3, -0.25) is 0 Å². The predicted octanol–water partition coefficient (Wildman–Crippen LogP) is 5.79. The van der Waals surface area contributed by atoms with Gasteiger partial charge in [0.05, 0.1) is 0 Å². The van der Waals surface area contributed by atoms with Crippen molar-refractivity contribution in [3.05, 3.63) is 83.4 Å². The third-order valence-electron chi connectivity index (χ3n) is 4.59. The Morgan fingerprint density at radius 3 is 2.29 bits per heavy atom.